The van der Waals surface area contributed by atoms with Gasteiger partial charge in [0, 0.05) is 50.7 Å². The van der Waals surface area contributed by atoms with Crippen LogP contribution in [-0.4, -0.2) is 53.4 Å². The number of amides is 1. The van der Waals surface area contributed by atoms with E-state index in [0.29, 0.717) is 5.91 Å². The second-order valence-electron chi connectivity index (χ2n) is 8.33. The zero-order valence-electron chi connectivity index (χ0n) is 16.9. The number of hydrogen-bond acceptors (Lipinski definition) is 3. The number of carbonyl (C=O) groups is 1. The molecule has 2 fully saturated rings. The fourth-order valence-corrected chi connectivity index (χ4v) is 4.35. The third kappa shape index (κ3) is 4.61. The summed E-state index contributed by atoms with van der Waals surface area (Å²) in [6, 6.07) is 12.6. The topological polar surface area (TPSA) is 36.4 Å². The lowest BCUT2D eigenvalue weighted by atomic mass is 9.91. The molecule has 4 nitrogen and oxygen atoms in total. The van der Waals surface area contributed by atoms with Crippen molar-refractivity contribution in [1.82, 2.24) is 14.8 Å². The highest BCUT2D eigenvalue weighted by Gasteiger charge is 2.33. The van der Waals surface area contributed by atoms with Gasteiger partial charge in [-0.2, -0.15) is 0 Å². The number of rotatable bonds is 7. The van der Waals surface area contributed by atoms with E-state index in [1.165, 1.54) is 24.0 Å². The molecule has 0 bridgehead atoms. The Morgan fingerprint density at radius 3 is 2.71 bits per heavy atom. The maximum atomic E-state index is 13.3. The van der Waals surface area contributed by atoms with E-state index in [1.807, 2.05) is 12.3 Å². The average Bonchev–Trinajstić information content (AvgIpc) is 3.55. The molecule has 1 amide bonds. The number of nitrogens with zero attached hydrogens (tertiary/aromatic N) is 3. The maximum Gasteiger partial charge on any atom is 0.227 e. The molecule has 0 spiro atoms. The molecule has 1 aromatic heterocycles. The van der Waals surface area contributed by atoms with Gasteiger partial charge in [-0.15, -0.1) is 0 Å². The quantitative estimate of drug-likeness (QED) is 0.735. The molecule has 1 aliphatic heterocycles. The zero-order valence-corrected chi connectivity index (χ0v) is 16.9. The molecule has 1 saturated heterocycles. The molecular formula is C24H31N3O. The maximum absolute atomic E-state index is 13.3. The van der Waals surface area contributed by atoms with Crippen LogP contribution in [0.15, 0.2) is 48.8 Å². The summed E-state index contributed by atoms with van der Waals surface area (Å²) in [5, 5.41) is 0. The number of pyridine rings is 1. The number of carbonyl (C=O) groups excluding carboxylic acids is 1. The van der Waals surface area contributed by atoms with Gasteiger partial charge in [0.15, 0.2) is 0 Å². The average molecular weight is 378 g/mol. The predicted molar refractivity (Wildman–Crippen MR) is 113 cm³/mol. The zero-order chi connectivity index (χ0) is 19.3. The van der Waals surface area contributed by atoms with Gasteiger partial charge in [-0.3, -0.25) is 9.78 Å². The van der Waals surface area contributed by atoms with Crippen molar-refractivity contribution < 1.29 is 4.79 Å². The van der Waals surface area contributed by atoms with Gasteiger partial charge in [-0.1, -0.05) is 37.3 Å². The molecule has 2 heterocycles. The minimum Gasteiger partial charge on any atom is -0.341 e. The normalized spacial score (nSPS) is 21.0. The first-order chi connectivity index (χ1) is 13.7. The van der Waals surface area contributed by atoms with E-state index in [9.17, 15) is 4.79 Å². The van der Waals surface area contributed by atoms with E-state index < -0.39 is 0 Å². The molecule has 1 saturated carbocycles. The summed E-state index contributed by atoms with van der Waals surface area (Å²) in [4.78, 5) is 22.3. The largest absolute Gasteiger partial charge is 0.341 e. The van der Waals surface area contributed by atoms with E-state index in [1.54, 1.807) is 6.20 Å². The number of benzene rings is 1. The van der Waals surface area contributed by atoms with Gasteiger partial charge in [-0.05, 0) is 48.8 Å². The molecule has 28 heavy (non-hydrogen) atoms. The van der Waals surface area contributed by atoms with Gasteiger partial charge in [-0.25, -0.2) is 0 Å². The minimum absolute atomic E-state index is 0.0330. The Kier molecular flexibility index (Phi) is 6.06. The summed E-state index contributed by atoms with van der Waals surface area (Å²) in [6.07, 6.45) is 8.25. The van der Waals surface area contributed by atoms with Crippen LogP contribution in [0.2, 0.25) is 0 Å². The van der Waals surface area contributed by atoms with E-state index in [-0.39, 0.29) is 5.92 Å². The Labute approximate surface area is 168 Å². The van der Waals surface area contributed by atoms with Crippen LogP contribution >= 0.6 is 0 Å². The van der Waals surface area contributed by atoms with Crippen molar-refractivity contribution in [2.45, 2.75) is 32.6 Å². The molecule has 4 rings (SSSR count). The Bertz CT molecular complexity index is 787. The summed E-state index contributed by atoms with van der Waals surface area (Å²) < 4.78 is 0. The summed E-state index contributed by atoms with van der Waals surface area (Å²) >= 11 is 0. The highest BCUT2D eigenvalue weighted by molar-refractivity contribution is 5.80. The third-order valence-electron chi connectivity index (χ3n) is 5.99. The minimum atomic E-state index is 0.0330. The Balaban J connectivity index is 1.58. The summed E-state index contributed by atoms with van der Waals surface area (Å²) in [6.45, 7) is 6.97. The first-order valence-electron chi connectivity index (χ1n) is 10.7. The van der Waals surface area contributed by atoms with Crippen molar-refractivity contribution in [2.75, 3.05) is 32.7 Å². The van der Waals surface area contributed by atoms with Crippen molar-refractivity contribution in [3.05, 3.63) is 54.4 Å². The van der Waals surface area contributed by atoms with Crippen molar-refractivity contribution in [3.8, 4) is 11.1 Å². The number of aromatic nitrogens is 1. The van der Waals surface area contributed by atoms with Crippen LogP contribution in [0.3, 0.4) is 0 Å². The van der Waals surface area contributed by atoms with E-state index in [0.717, 1.165) is 57.0 Å². The molecule has 4 heteroatoms. The fourth-order valence-electron chi connectivity index (χ4n) is 4.35. The number of hydrogen-bond donors (Lipinski definition) is 0. The molecule has 1 unspecified atom stereocenters. The highest BCUT2D eigenvalue weighted by atomic mass is 16.2. The van der Waals surface area contributed by atoms with Crippen molar-refractivity contribution >= 4 is 5.91 Å². The molecule has 2 aliphatic rings. The summed E-state index contributed by atoms with van der Waals surface area (Å²) in [5.41, 5.74) is 3.57. The standard InChI is InChI=1S/C24H31N3O/c1-2-12-27-14-13-26(17-19-9-10-19)18-22(24(27)28)15-20-6-3-4-8-23(20)21-7-5-11-25-16-21/h3-8,11,16,19,22H,2,9-10,12-15,17-18H2,1H3. The van der Waals surface area contributed by atoms with Gasteiger partial charge in [0.2, 0.25) is 5.91 Å². The van der Waals surface area contributed by atoms with Crippen LogP contribution in [0.1, 0.15) is 31.7 Å². The lowest BCUT2D eigenvalue weighted by Gasteiger charge is -2.24. The Hall–Kier alpha value is -2.20. The molecular weight excluding hydrogens is 346 g/mol. The third-order valence-corrected chi connectivity index (χ3v) is 5.99. The van der Waals surface area contributed by atoms with E-state index in [2.05, 4.69) is 52.0 Å². The first-order valence-corrected chi connectivity index (χ1v) is 10.7. The lowest BCUT2D eigenvalue weighted by molar-refractivity contribution is -0.134. The van der Waals surface area contributed by atoms with Crippen molar-refractivity contribution in [1.29, 1.82) is 0 Å². The summed E-state index contributed by atoms with van der Waals surface area (Å²) in [5.74, 6) is 1.22. The molecule has 2 aromatic rings. The van der Waals surface area contributed by atoms with Crippen LogP contribution in [0, 0.1) is 11.8 Å². The van der Waals surface area contributed by atoms with E-state index >= 15 is 0 Å². The lowest BCUT2D eigenvalue weighted by Crippen LogP contribution is -2.38. The van der Waals surface area contributed by atoms with Crippen molar-refractivity contribution in [3.63, 3.8) is 0 Å². The van der Waals surface area contributed by atoms with Gasteiger partial charge in [0.05, 0.1) is 5.92 Å². The monoisotopic (exact) mass is 377 g/mol. The molecule has 148 valence electrons. The second-order valence-corrected chi connectivity index (χ2v) is 8.33. The Morgan fingerprint density at radius 1 is 1.11 bits per heavy atom. The molecule has 1 atom stereocenters. The van der Waals surface area contributed by atoms with Crippen LogP contribution in [0.4, 0.5) is 0 Å². The van der Waals surface area contributed by atoms with Crippen molar-refractivity contribution in [2.24, 2.45) is 11.8 Å². The fraction of sp³-hybridized carbons (Fsp3) is 0.500. The highest BCUT2D eigenvalue weighted by Crippen LogP contribution is 2.31. The second kappa shape index (κ2) is 8.87. The van der Waals surface area contributed by atoms with Crippen LogP contribution in [0.5, 0.6) is 0 Å². The predicted octanol–water partition coefficient (Wildman–Crippen LogP) is 3.87. The van der Waals surface area contributed by atoms with Crippen LogP contribution < -0.4 is 0 Å². The van der Waals surface area contributed by atoms with E-state index in [4.69, 9.17) is 0 Å². The molecule has 0 N–H and O–H groups in total. The SMILES string of the molecule is CCCN1CCN(CC2CC2)CC(Cc2ccccc2-c2cccnc2)C1=O. The van der Waals surface area contributed by atoms with Gasteiger partial charge >= 0.3 is 0 Å². The molecule has 1 aromatic carbocycles. The Morgan fingerprint density at radius 2 is 1.96 bits per heavy atom. The molecule has 0 radical (unpaired) electrons. The molecule has 1 aliphatic carbocycles. The van der Waals surface area contributed by atoms with Crippen LogP contribution in [-0.2, 0) is 11.2 Å². The van der Waals surface area contributed by atoms with Gasteiger partial charge < -0.3 is 9.80 Å². The van der Waals surface area contributed by atoms with Gasteiger partial charge in [0.25, 0.3) is 0 Å². The van der Waals surface area contributed by atoms with Crippen LogP contribution in [0.25, 0.3) is 11.1 Å². The first kappa shape index (κ1) is 19.1. The van der Waals surface area contributed by atoms with Gasteiger partial charge in [0.1, 0.15) is 0 Å². The summed E-state index contributed by atoms with van der Waals surface area (Å²) in [7, 11) is 0. The smallest absolute Gasteiger partial charge is 0.227 e.